The van der Waals surface area contributed by atoms with Gasteiger partial charge in [-0.2, -0.15) is 0 Å². The lowest BCUT2D eigenvalue weighted by molar-refractivity contribution is -0.130. The van der Waals surface area contributed by atoms with Gasteiger partial charge in [0, 0.05) is 43.9 Å². The summed E-state index contributed by atoms with van der Waals surface area (Å²) in [5.41, 5.74) is 1.70. The fourth-order valence-corrected chi connectivity index (χ4v) is 4.18. The van der Waals surface area contributed by atoms with Crippen LogP contribution >= 0.6 is 11.3 Å². The predicted molar refractivity (Wildman–Crippen MR) is 118 cm³/mol. The van der Waals surface area contributed by atoms with Crippen LogP contribution in [0.5, 0.6) is 0 Å². The Kier molecular flexibility index (Phi) is 5.85. The standard InChI is InChI=1S/C22H27N5O2S/c1-14(2)21-23-15(3)12-19(25-21)26-7-9-27(10-8-26)20(28)13-17-16(4)29-22(24-17)18-6-5-11-30-18/h5-6,11-12,14H,7-10,13H2,1-4H3. The largest absolute Gasteiger partial charge is 0.440 e. The summed E-state index contributed by atoms with van der Waals surface area (Å²) in [6.45, 7) is 10.9. The smallest absolute Gasteiger partial charge is 0.236 e. The normalized spacial score (nSPS) is 14.6. The molecule has 0 unspecified atom stereocenters. The summed E-state index contributed by atoms with van der Waals surface area (Å²) in [5, 5.41) is 1.99. The molecule has 4 heterocycles. The second kappa shape index (κ2) is 8.55. The number of aromatic nitrogens is 3. The summed E-state index contributed by atoms with van der Waals surface area (Å²) in [4.78, 5) is 31.8. The van der Waals surface area contributed by atoms with E-state index in [1.54, 1.807) is 11.3 Å². The van der Waals surface area contributed by atoms with Crippen molar-refractivity contribution in [3.05, 3.63) is 46.6 Å². The SMILES string of the molecule is Cc1cc(N2CCN(C(=O)Cc3nc(-c4cccs4)oc3C)CC2)nc(C(C)C)n1. The Labute approximate surface area is 180 Å². The van der Waals surface area contributed by atoms with Crippen LogP contribution in [0.2, 0.25) is 0 Å². The van der Waals surface area contributed by atoms with E-state index in [2.05, 4.69) is 28.7 Å². The number of aryl methyl sites for hydroxylation is 2. The summed E-state index contributed by atoms with van der Waals surface area (Å²) >= 11 is 1.58. The van der Waals surface area contributed by atoms with Crippen LogP contribution in [0.15, 0.2) is 28.0 Å². The van der Waals surface area contributed by atoms with Gasteiger partial charge in [-0.1, -0.05) is 19.9 Å². The van der Waals surface area contributed by atoms with Crippen LogP contribution in [0.3, 0.4) is 0 Å². The van der Waals surface area contributed by atoms with E-state index >= 15 is 0 Å². The van der Waals surface area contributed by atoms with E-state index in [4.69, 9.17) is 9.40 Å². The highest BCUT2D eigenvalue weighted by molar-refractivity contribution is 7.13. The van der Waals surface area contributed by atoms with E-state index < -0.39 is 0 Å². The minimum absolute atomic E-state index is 0.0884. The highest BCUT2D eigenvalue weighted by Crippen LogP contribution is 2.26. The molecule has 0 spiro atoms. The third kappa shape index (κ3) is 4.38. The number of carbonyl (C=O) groups is 1. The van der Waals surface area contributed by atoms with Crippen molar-refractivity contribution < 1.29 is 9.21 Å². The van der Waals surface area contributed by atoms with Crippen LogP contribution in [-0.2, 0) is 11.2 Å². The quantitative estimate of drug-likeness (QED) is 0.619. The average Bonchev–Trinajstić information content (AvgIpc) is 3.38. The van der Waals surface area contributed by atoms with E-state index in [1.807, 2.05) is 42.3 Å². The molecule has 0 aromatic carbocycles. The van der Waals surface area contributed by atoms with Gasteiger partial charge in [-0.3, -0.25) is 4.79 Å². The van der Waals surface area contributed by atoms with Crippen molar-refractivity contribution in [2.75, 3.05) is 31.1 Å². The number of rotatable bonds is 5. The molecular weight excluding hydrogens is 398 g/mol. The van der Waals surface area contributed by atoms with Gasteiger partial charge in [0.15, 0.2) is 0 Å². The number of hydrogen-bond acceptors (Lipinski definition) is 7. The molecule has 0 radical (unpaired) electrons. The molecule has 1 aliphatic heterocycles. The van der Waals surface area contributed by atoms with Gasteiger partial charge in [-0.25, -0.2) is 15.0 Å². The molecule has 1 fully saturated rings. The maximum absolute atomic E-state index is 12.9. The van der Waals surface area contributed by atoms with Gasteiger partial charge < -0.3 is 14.2 Å². The van der Waals surface area contributed by atoms with E-state index in [9.17, 15) is 4.79 Å². The number of oxazole rings is 1. The summed E-state index contributed by atoms with van der Waals surface area (Å²) in [6, 6.07) is 5.96. The zero-order chi connectivity index (χ0) is 21.3. The number of piperazine rings is 1. The van der Waals surface area contributed by atoms with Crippen molar-refractivity contribution >= 4 is 23.1 Å². The Morgan fingerprint density at radius 3 is 2.60 bits per heavy atom. The molecule has 158 valence electrons. The van der Waals surface area contributed by atoms with E-state index in [0.29, 0.717) is 24.7 Å². The highest BCUT2D eigenvalue weighted by Gasteiger charge is 2.24. The average molecular weight is 426 g/mol. The van der Waals surface area contributed by atoms with Crippen LogP contribution in [-0.4, -0.2) is 51.9 Å². The molecule has 7 nitrogen and oxygen atoms in total. The highest BCUT2D eigenvalue weighted by atomic mass is 32.1. The number of amides is 1. The Morgan fingerprint density at radius 2 is 1.93 bits per heavy atom. The third-order valence-corrected chi connectivity index (χ3v) is 6.13. The molecule has 0 bridgehead atoms. The van der Waals surface area contributed by atoms with Gasteiger partial charge in [0.25, 0.3) is 0 Å². The van der Waals surface area contributed by atoms with Crippen molar-refractivity contribution in [2.45, 2.75) is 40.0 Å². The van der Waals surface area contributed by atoms with Crippen LogP contribution in [0.1, 0.15) is 42.7 Å². The lowest BCUT2D eigenvalue weighted by Gasteiger charge is -2.35. The predicted octanol–water partition coefficient (Wildman–Crippen LogP) is 3.82. The van der Waals surface area contributed by atoms with Gasteiger partial charge >= 0.3 is 0 Å². The Bertz CT molecular complexity index is 1020. The topological polar surface area (TPSA) is 75.4 Å². The maximum atomic E-state index is 12.9. The minimum atomic E-state index is 0.0884. The molecule has 30 heavy (non-hydrogen) atoms. The first-order valence-electron chi connectivity index (χ1n) is 10.3. The van der Waals surface area contributed by atoms with Crippen LogP contribution in [0, 0.1) is 13.8 Å². The zero-order valence-electron chi connectivity index (χ0n) is 17.9. The molecule has 0 saturated carbocycles. The molecular formula is C22H27N5O2S. The fraction of sp³-hybridized carbons (Fsp3) is 0.455. The van der Waals surface area contributed by atoms with E-state index in [0.717, 1.165) is 41.0 Å². The first-order chi connectivity index (χ1) is 14.4. The van der Waals surface area contributed by atoms with Crippen molar-refractivity contribution in [2.24, 2.45) is 0 Å². The summed E-state index contributed by atoms with van der Waals surface area (Å²) < 4.78 is 5.77. The second-order valence-corrected chi connectivity index (χ2v) is 8.87. The van der Waals surface area contributed by atoms with Gasteiger partial charge in [-0.15, -0.1) is 11.3 Å². The van der Waals surface area contributed by atoms with Crippen molar-refractivity contribution in [1.82, 2.24) is 19.9 Å². The Balaban J connectivity index is 1.38. The molecule has 1 aliphatic rings. The Hall–Kier alpha value is -2.74. The summed E-state index contributed by atoms with van der Waals surface area (Å²) in [6.07, 6.45) is 0.269. The lowest BCUT2D eigenvalue weighted by atomic mass is 10.2. The first kappa shape index (κ1) is 20.5. The van der Waals surface area contributed by atoms with Crippen molar-refractivity contribution in [1.29, 1.82) is 0 Å². The molecule has 1 amide bonds. The third-order valence-electron chi connectivity index (χ3n) is 5.27. The second-order valence-electron chi connectivity index (χ2n) is 7.92. The summed E-state index contributed by atoms with van der Waals surface area (Å²) in [5.74, 6) is 3.50. The van der Waals surface area contributed by atoms with Crippen molar-refractivity contribution in [3.8, 4) is 10.8 Å². The van der Waals surface area contributed by atoms with Crippen LogP contribution < -0.4 is 4.90 Å². The van der Waals surface area contributed by atoms with Crippen LogP contribution in [0.4, 0.5) is 5.82 Å². The van der Waals surface area contributed by atoms with Crippen molar-refractivity contribution in [3.63, 3.8) is 0 Å². The lowest BCUT2D eigenvalue weighted by Crippen LogP contribution is -2.49. The Morgan fingerprint density at radius 1 is 1.17 bits per heavy atom. The minimum Gasteiger partial charge on any atom is -0.440 e. The number of carbonyl (C=O) groups excluding carboxylic acids is 1. The molecule has 4 rings (SSSR count). The number of anilines is 1. The number of hydrogen-bond donors (Lipinski definition) is 0. The van der Waals surface area contributed by atoms with Crippen LogP contribution in [0.25, 0.3) is 10.8 Å². The zero-order valence-corrected chi connectivity index (χ0v) is 18.7. The number of thiophene rings is 1. The monoisotopic (exact) mass is 425 g/mol. The number of nitrogens with zero attached hydrogens (tertiary/aromatic N) is 5. The molecule has 3 aromatic heterocycles. The van der Waals surface area contributed by atoms with Gasteiger partial charge in [0.1, 0.15) is 17.4 Å². The molecule has 1 saturated heterocycles. The fourth-order valence-electron chi connectivity index (χ4n) is 3.53. The summed E-state index contributed by atoms with van der Waals surface area (Å²) in [7, 11) is 0. The molecule has 3 aromatic rings. The molecule has 8 heteroatoms. The molecule has 0 atom stereocenters. The van der Waals surface area contributed by atoms with E-state index in [-0.39, 0.29) is 18.2 Å². The molecule has 0 aliphatic carbocycles. The van der Waals surface area contributed by atoms with Gasteiger partial charge in [0.05, 0.1) is 17.0 Å². The molecule has 0 N–H and O–H groups in total. The van der Waals surface area contributed by atoms with Gasteiger partial charge in [0.2, 0.25) is 11.8 Å². The van der Waals surface area contributed by atoms with Gasteiger partial charge in [-0.05, 0) is 25.3 Å². The first-order valence-corrected chi connectivity index (χ1v) is 11.2. The van der Waals surface area contributed by atoms with E-state index in [1.165, 1.54) is 0 Å². The maximum Gasteiger partial charge on any atom is 0.236 e.